The predicted molar refractivity (Wildman–Crippen MR) is 95.0 cm³/mol. The van der Waals surface area contributed by atoms with Gasteiger partial charge in [0.2, 0.25) is 5.91 Å². The van der Waals surface area contributed by atoms with Gasteiger partial charge in [-0.05, 0) is 56.7 Å². The number of hydrogen-bond donors (Lipinski definition) is 2. The second-order valence-corrected chi connectivity index (χ2v) is 6.67. The molecule has 0 fully saturated rings. The lowest BCUT2D eigenvalue weighted by Gasteiger charge is -2.20. The van der Waals surface area contributed by atoms with Crippen LogP contribution in [-0.2, 0) is 16.0 Å². The SMILES string of the molecule is CC(C)(C)OC(=O)Nc1ccc(F)cc1NC(=O)Cc1ccc(F)cc1. The number of nitrogens with one attached hydrogen (secondary N) is 2. The Kier molecular flexibility index (Phi) is 5.92. The maximum Gasteiger partial charge on any atom is 0.412 e. The van der Waals surface area contributed by atoms with Crippen LogP contribution in [0.5, 0.6) is 0 Å². The van der Waals surface area contributed by atoms with Gasteiger partial charge in [-0.2, -0.15) is 0 Å². The second kappa shape index (κ2) is 7.95. The molecule has 0 aliphatic heterocycles. The summed E-state index contributed by atoms with van der Waals surface area (Å²) in [5.74, 6) is -1.41. The Hall–Kier alpha value is -2.96. The van der Waals surface area contributed by atoms with Crippen molar-refractivity contribution in [2.75, 3.05) is 10.6 Å². The number of carbonyl (C=O) groups is 2. The van der Waals surface area contributed by atoms with Crippen molar-refractivity contribution in [1.29, 1.82) is 0 Å². The van der Waals surface area contributed by atoms with E-state index < -0.39 is 29.2 Å². The highest BCUT2D eigenvalue weighted by atomic mass is 19.1. The van der Waals surface area contributed by atoms with Crippen LogP contribution in [0.4, 0.5) is 25.0 Å². The van der Waals surface area contributed by atoms with Crippen molar-refractivity contribution in [3.63, 3.8) is 0 Å². The van der Waals surface area contributed by atoms with E-state index in [2.05, 4.69) is 10.6 Å². The molecule has 0 spiro atoms. The number of amides is 2. The zero-order chi connectivity index (χ0) is 19.3. The maximum absolute atomic E-state index is 13.5. The highest BCUT2D eigenvalue weighted by Crippen LogP contribution is 2.24. The third-order valence-corrected chi connectivity index (χ3v) is 3.17. The van der Waals surface area contributed by atoms with E-state index in [4.69, 9.17) is 4.74 Å². The van der Waals surface area contributed by atoms with Crippen LogP contribution in [0.2, 0.25) is 0 Å². The van der Waals surface area contributed by atoms with Crippen molar-refractivity contribution in [3.8, 4) is 0 Å². The topological polar surface area (TPSA) is 67.4 Å². The van der Waals surface area contributed by atoms with Crippen LogP contribution in [-0.4, -0.2) is 17.6 Å². The Bertz CT molecular complexity index is 799. The largest absolute Gasteiger partial charge is 0.444 e. The van der Waals surface area contributed by atoms with Crippen LogP contribution in [0.15, 0.2) is 42.5 Å². The highest BCUT2D eigenvalue weighted by Gasteiger charge is 2.18. The fourth-order valence-electron chi connectivity index (χ4n) is 2.12. The summed E-state index contributed by atoms with van der Waals surface area (Å²) in [6.07, 6.45) is -0.749. The monoisotopic (exact) mass is 362 g/mol. The fourth-order valence-corrected chi connectivity index (χ4v) is 2.12. The van der Waals surface area contributed by atoms with Gasteiger partial charge < -0.3 is 10.1 Å². The van der Waals surface area contributed by atoms with Crippen LogP contribution in [0.3, 0.4) is 0 Å². The molecule has 0 aliphatic rings. The summed E-state index contributed by atoms with van der Waals surface area (Å²) in [5, 5.41) is 5.02. The van der Waals surface area contributed by atoms with E-state index in [1.807, 2.05) is 0 Å². The number of ether oxygens (including phenoxy) is 1. The number of rotatable bonds is 4. The summed E-state index contributed by atoms with van der Waals surface area (Å²) in [6.45, 7) is 5.13. The van der Waals surface area contributed by atoms with Gasteiger partial charge in [0.25, 0.3) is 0 Å². The van der Waals surface area contributed by atoms with Crippen LogP contribution in [0.1, 0.15) is 26.3 Å². The van der Waals surface area contributed by atoms with Crippen LogP contribution < -0.4 is 10.6 Å². The molecule has 0 aromatic heterocycles. The van der Waals surface area contributed by atoms with Gasteiger partial charge in [-0.25, -0.2) is 13.6 Å². The fraction of sp³-hybridized carbons (Fsp3) is 0.263. The zero-order valence-electron chi connectivity index (χ0n) is 14.7. The van der Waals surface area contributed by atoms with Crippen LogP contribution in [0, 0.1) is 11.6 Å². The van der Waals surface area contributed by atoms with Gasteiger partial charge >= 0.3 is 6.09 Å². The van der Waals surface area contributed by atoms with E-state index in [-0.39, 0.29) is 17.8 Å². The molecule has 2 aromatic carbocycles. The normalized spacial score (nSPS) is 11.0. The first-order chi connectivity index (χ1) is 12.1. The van der Waals surface area contributed by atoms with Gasteiger partial charge in [0.15, 0.2) is 0 Å². The van der Waals surface area contributed by atoms with Gasteiger partial charge in [-0.1, -0.05) is 12.1 Å². The third-order valence-electron chi connectivity index (χ3n) is 3.17. The molecule has 0 saturated heterocycles. The minimum atomic E-state index is -0.724. The minimum absolute atomic E-state index is 0.0251. The van der Waals surface area contributed by atoms with E-state index in [1.165, 1.54) is 30.3 Å². The molecule has 0 saturated carbocycles. The van der Waals surface area contributed by atoms with Gasteiger partial charge in [0.05, 0.1) is 17.8 Å². The molecule has 26 heavy (non-hydrogen) atoms. The Morgan fingerprint density at radius 2 is 1.54 bits per heavy atom. The Labute approximate surface area is 150 Å². The number of hydrogen-bond acceptors (Lipinski definition) is 3. The molecule has 0 atom stereocenters. The summed E-state index contributed by atoms with van der Waals surface area (Å²) in [6, 6.07) is 9.05. The first-order valence-corrected chi connectivity index (χ1v) is 7.96. The summed E-state index contributed by atoms with van der Waals surface area (Å²) in [7, 11) is 0. The summed E-state index contributed by atoms with van der Waals surface area (Å²) in [4.78, 5) is 24.1. The van der Waals surface area contributed by atoms with Gasteiger partial charge in [0.1, 0.15) is 17.2 Å². The molecule has 0 unspecified atom stereocenters. The van der Waals surface area contributed by atoms with Crippen molar-refractivity contribution in [2.45, 2.75) is 32.8 Å². The lowest BCUT2D eigenvalue weighted by molar-refractivity contribution is -0.115. The molecule has 2 rings (SSSR count). The lowest BCUT2D eigenvalue weighted by Crippen LogP contribution is -2.27. The number of benzene rings is 2. The molecule has 2 aromatic rings. The molecule has 2 N–H and O–H groups in total. The van der Waals surface area contributed by atoms with Crippen molar-refractivity contribution in [3.05, 3.63) is 59.7 Å². The van der Waals surface area contributed by atoms with E-state index >= 15 is 0 Å². The van der Waals surface area contributed by atoms with Crippen LogP contribution >= 0.6 is 0 Å². The minimum Gasteiger partial charge on any atom is -0.444 e. The van der Waals surface area contributed by atoms with E-state index in [1.54, 1.807) is 20.8 Å². The molecule has 7 heteroatoms. The lowest BCUT2D eigenvalue weighted by atomic mass is 10.1. The van der Waals surface area contributed by atoms with Crippen molar-refractivity contribution in [1.82, 2.24) is 0 Å². The molecule has 2 amide bonds. The quantitative estimate of drug-likeness (QED) is 0.842. The van der Waals surface area contributed by atoms with E-state index in [9.17, 15) is 18.4 Å². The Morgan fingerprint density at radius 1 is 0.923 bits per heavy atom. The summed E-state index contributed by atoms with van der Waals surface area (Å²) < 4.78 is 31.6. The molecule has 0 radical (unpaired) electrons. The average molecular weight is 362 g/mol. The summed E-state index contributed by atoms with van der Waals surface area (Å²) in [5.41, 5.74) is 0.203. The maximum atomic E-state index is 13.5. The molecular formula is C19H20F2N2O3. The van der Waals surface area contributed by atoms with Gasteiger partial charge in [-0.15, -0.1) is 0 Å². The smallest absolute Gasteiger partial charge is 0.412 e. The number of anilines is 2. The zero-order valence-corrected chi connectivity index (χ0v) is 14.7. The number of halogens is 2. The Balaban J connectivity index is 2.10. The van der Waals surface area contributed by atoms with E-state index in [0.29, 0.717) is 5.56 Å². The molecule has 0 bridgehead atoms. The molecule has 0 heterocycles. The van der Waals surface area contributed by atoms with Crippen LogP contribution in [0.25, 0.3) is 0 Å². The van der Waals surface area contributed by atoms with Crippen molar-refractivity contribution in [2.24, 2.45) is 0 Å². The molecular weight excluding hydrogens is 342 g/mol. The molecule has 0 aliphatic carbocycles. The summed E-state index contributed by atoms with van der Waals surface area (Å²) >= 11 is 0. The second-order valence-electron chi connectivity index (χ2n) is 6.67. The third kappa shape index (κ3) is 6.16. The van der Waals surface area contributed by atoms with Gasteiger partial charge in [-0.3, -0.25) is 10.1 Å². The Morgan fingerprint density at radius 3 is 2.15 bits per heavy atom. The first-order valence-electron chi connectivity index (χ1n) is 7.96. The molecule has 138 valence electrons. The number of carbonyl (C=O) groups excluding carboxylic acids is 2. The van der Waals surface area contributed by atoms with Gasteiger partial charge in [0, 0.05) is 0 Å². The standard InChI is InChI=1S/C19H20F2N2O3/c1-19(2,3)26-18(25)23-15-9-8-14(21)11-16(15)22-17(24)10-12-4-6-13(20)7-5-12/h4-9,11H,10H2,1-3H3,(H,22,24)(H,23,25). The highest BCUT2D eigenvalue weighted by molar-refractivity contribution is 5.98. The first kappa shape index (κ1) is 19.4. The van der Waals surface area contributed by atoms with E-state index in [0.717, 1.165) is 12.1 Å². The predicted octanol–water partition coefficient (Wildman–Crippen LogP) is 4.49. The average Bonchev–Trinajstić information content (AvgIpc) is 2.50. The van der Waals surface area contributed by atoms with Crippen molar-refractivity contribution < 1.29 is 23.1 Å². The van der Waals surface area contributed by atoms with Crippen molar-refractivity contribution >= 4 is 23.4 Å². The molecule has 5 nitrogen and oxygen atoms in total.